The molecular weight excluding hydrogens is 663 g/mol. The minimum Gasteiger partial charge on any atom is -0.456 e. The lowest BCUT2D eigenvalue weighted by atomic mass is 9.84. The third-order valence-corrected chi connectivity index (χ3v) is 11.8. The highest BCUT2D eigenvalue weighted by Gasteiger charge is 2.26. The first-order chi connectivity index (χ1) is 25.9. The summed E-state index contributed by atoms with van der Waals surface area (Å²) >= 11 is 1.88. The molecular formula is C50H37NOS. The van der Waals surface area contributed by atoms with Crippen molar-refractivity contribution in [1.29, 1.82) is 0 Å². The van der Waals surface area contributed by atoms with Gasteiger partial charge >= 0.3 is 0 Å². The molecule has 10 rings (SSSR count). The first kappa shape index (κ1) is 31.6. The Morgan fingerprint density at radius 3 is 2.04 bits per heavy atom. The van der Waals surface area contributed by atoms with Crippen LogP contribution in [-0.4, -0.2) is 0 Å². The van der Waals surface area contributed by atoms with E-state index < -0.39 is 0 Å². The maximum atomic E-state index is 6.36. The summed E-state index contributed by atoms with van der Waals surface area (Å²) in [5.74, 6) is 0. The Labute approximate surface area is 313 Å². The fourth-order valence-electron chi connectivity index (χ4n) is 7.98. The van der Waals surface area contributed by atoms with E-state index in [2.05, 4.69) is 189 Å². The number of anilines is 3. The molecule has 0 bridgehead atoms. The highest BCUT2D eigenvalue weighted by molar-refractivity contribution is 7.26. The predicted octanol–water partition coefficient (Wildman–Crippen LogP) is 15.2. The number of nitrogens with zero attached hydrogens (tertiary/aromatic N) is 1. The van der Waals surface area contributed by atoms with Gasteiger partial charge in [0.25, 0.3) is 0 Å². The smallest absolute Gasteiger partial charge is 0.135 e. The van der Waals surface area contributed by atoms with Crippen LogP contribution in [0, 0.1) is 0 Å². The van der Waals surface area contributed by atoms with E-state index >= 15 is 0 Å². The van der Waals surface area contributed by atoms with Gasteiger partial charge in [0, 0.05) is 53.3 Å². The molecule has 0 radical (unpaired) electrons. The highest BCUT2D eigenvalue weighted by atomic mass is 32.1. The standard InChI is InChI=1S/C50H37NOS/c1-50(2,3)34-25-28-43(41(30-34)32-14-5-4-6-15-32)51(35-26-29-46-42(31-35)37-18-9-11-22-45(37)52-46)44-27-24-33-16-7-8-17-36(33)48(44)40-21-13-20-39-38-19-10-12-23-47(38)53-49(39)40/h4-31H,1-3H3. The molecule has 53 heavy (non-hydrogen) atoms. The molecule has 0 aliphatic heterocycles. The van der Waals surface area contributed by atoms with Gasteiger partial charge in [0.2, 0.25) is 0 Å². The molecule has 0 saturated heterocycles. The average Bonchev–Trinajstić information content (AvgIpc) is 3.76. The van der Waals surface area contributed by atoms with Crippen LogP contribution in [0.4, 0.5) is 17.1 Å². The van der Waals surface area contributed by atoms with Crippen LogP contribution in [0.3, 0.4) is 0 Å². The zero-order valence-electron chi connectivity index (χ0n) is 29.9. The molecule has 0 atom stereocenters. The summed E-state index contributed by atoms with van der Waals surface area (Å²) in [7, 11) is 0. The number of hydrogen-bond donors (Lipinski definition) is 0. The van der Waals surface area contributed by atoms with Crippen LogP contribution in [0.5, 0.6) is 0 Å². The van der Waals surface area contributed by atoms with Gasteiger partial charge in [-0.15, -0.1) is 11.3 Å². The fourth-order valence-corrected chi connectivity index (χ4v) is 9.20. The molecule has 0 aliphatic rings. The molecule has 0 N–H and O–H groups in total. The second kappa shape index (κ2) is 12.2. The van der Waals surface area contributed by atoms with Crippen LogP contribution in [-0.2, 0) is 5.41 Å². The minimum absolute atomic E-state index is 0.0214. The van der Waals surface area contributed by atoms with Crippen LogP contribution in [0.2, 0.25) is 0 Å². The van der Waals surface area contributed by atoms with Crippen LogP contribution >= 0.6 is 11.3 Å². The summed E-state index contributed by atoms with van der Waals surface area (Å²) in [4.78, 5) is 2.49. The fraction of sp³-hybridized carbons (Fsp3) is 0.0800. The largest absolute Gasteiger partial charge is 0.456 e. The van der Waals surface area contributed by atoms with E-state index in [1.165, 1.54) is 58.8 Å². The Bertz CT molecular complexity index is 3000. The monoisotopic (exact) mass is 699 g/mol. The van der Waals surface area contributed by atoms with Crippen molar-refractivity contribution >= 4 is 81.3 Å². The van der Waals surface area contributed by atoms with Crippen LogP contribution in [0.1, 0.15) is 26.3 Å². The van der Waals surface area contributed by atoms with Crippen molar-refractivity contribution in [2.24, 2.45) is 0 Å². The first-order valence-electron chi connectivity index (χ1n) is 18.3. The molecule has 0 fully saturated rings. The van der Waals surface area contributed by atoms with Crippen LogP contribution in [0.25, 0.3) is 75.1 Å². The zero-order valence-corrected chi connectivity index (χ0v) is 30.7. The number of benzene rings is 8. The lowest BCUT2D eigenvalue weighted by Gasteiger charge is -2.32. The number of fused-ring (bicyclic) bond motifs is 7. The minimum atomic E-state index is -0.0214. The number of rotatable bonds is 5. The third kappa shape index (κ3) is 5.23. The molecule has 254 valence electrons. The summed E-state index contributed by atoms with van der Waals surface area (Å²) < 4.78 is 8.96. The van der Waals surface area contributed by atoms with Crippen molar-refractivity contribution in [2.45, 2.75) is 26.2 Å². The van der Waals surface area contributed by atoms with Gasteiger partial charge in [-0.1, -0.05) is 142 Å². The number of thiophene rings is 1. The maximum absolute atomic E-state index is 6.36. The topological polar surface area (TPSA) is 16.4 Å². The summed E-state index contributed by atoms with van der Waals surface area (Å²) in [6.45, 7) is 6.87. The third-order valence-electron chi connectivity index (χ3n) is 10.6. The van der Waals surface area contributed by atoms with E-state index in [0.717, 1.165) is 39.0 Å². The molecule has 10 aromatic rings. The predicted molar refractivity (Wildman–Crippen MR) is 228 cm³/mol. The van der Waals surface area contributed by atoms with E-state index in [1.807, 2.05) is 17.4 Å². The molecule has 0 aliphatic carbocycles. The Morgan fingerprint density at radius 1 is 0.491 bits per heavy atom. The van der Waals surface area contributed by atoms with Gasteiger partial charge in [-0.25, -0.2) is 0 Å². The van der Waals surface area contributed by atoms with Gasteiger partial charge in [0.05, 0.1) is 11.4 Å². The van der Waals surface area contributed by atoms with Gasteiger partial charge in [-0.3, -0.25) is 0 Å². The quantitative estimate of drug-likeness (QED) is 0.178. The maximum Gasteiger partial charge on any atom is 0.135 e. The number of para-hydroxylation sites is 1. The summed E-state index contributed by atoms with van der Waals surface area (Å²) in [5.41, 5.74) is 11.2. The summed E-state index contributed by atoms with van der Waals surface area (Å²) in [6.07, 6.45) is 0. The molecule has 0 amide bonds. The first-order valence-corrected chi connectivity index (χ1v) is 19.1. The summed E-state index contributed by atoms with van der Waals surface area (Å²) in [6, 6.07) is 61.9. The normalized spacial score (nSPS) is 12.1. The van der Waals surface area contributed by atoms with Crippen LogP contribution < -0.4 is 4.90 Å². The Morgan fingerprint density at radius 2 is 1.19 bits per heavy atom. The zero-order chi connectivity index (χ0) is 35.7. The SMILES string of the molecule is CC(C)(C)c1ccc(N(c2ccc3oc4ccccc4c3c2)c2ccc3ccccc3c2-c2cccc3c2sc2ccccc23)c(-c2ccccc2)c1. The van der Waals surface area contributed by atoms with E-state index in [0.29, 0.717) is 0 Å². The van der Waals surface area contributed by atoms with Crippen molar-refractivity contribution in [3.8, 4) is 22.3 Å². The van der Waals surface area contributed by atoms with E-state index in [1.54, 1.807) is 0 Å². The molecule has 3 heteroatoms. The molecule has 0 spiro atoms. The van der Waals surface area contributed by atoms with Gasteiger partial charge in [-0.2, -0.15) is 0 Å². The van der Waals surface area contributed by atoms with Crippen molar-refractivity contribution in [2.75, 3.05) is 4.90 Å². The Kier molecular flexibility index (Phi) is 7.28. The lowest BCUT2D eigenvalue weighted by Crippen LogP contribution is -2.15. The van der Waals surface area contributed by atoms with Crippen molar-refractivity contribution in [3.63, 3.8) is 0 Å². The summed E-state index contributed by atoms with van der Waals surface area (Å²) in [5, 5.41) is 7.25. The van der Waals surface area contributed by atoms with Gasteiger partial charge in [0.15, 0.2) is 0 Å². The average molecular weight is 700 g/mol. The number of hydrogen-bond acceptors (Lipinski definition) is 3. The highest BCUT2D eigenvalue weighted by Crippen LogP contribution is 2.51. The van der Waals surface area contributed by atoms with E-state index in [4.69, 9.17) is 4.42 Å². The Balaban J connectivity index is 1.34. The van der Waals surface area contributed by atoms with Crippen LogP contribution in [0.15, 0.2) is 174 Å². The molecule has 0 saturated carbocycles. The van der Waals surface area contributed by atoms with E-state index in [9.17, 15) is 0 Å². The molecule has 2 heterocycles. The Hall–Kier alpha value is -6.16. The van der Waals surface area contributed by atoms with Crippen molar-refractivity contribution < 1.29 is 4.42 Å². The van der Waals surface area contributed by atoms with Gasteiger partial charge in [-0.05, 0) is 75.8 Å². The molecule has 2 aromatic heterocycles. The molecule has 0 unspecified atom stereocenters. The second-order valence-corrected chi connectivity index (χ2v) is 16.0. The molecule has 8 aromatic carbocycles. The van der Waals surface area contributed by atoms with E-state index in [-0.39, 0.29) is 5.41 Å². The van der Waals surface area contributed by atoms with Crippen molar-refractivity contribution in [1.82, 2.24) is 0 Å². The number of furan rings is 1. The lowest BCUT2D eigenvalue weighted by molar-refractivity contribution is 0.590. The van der Waals surface area contributed by atoms with Gasteiger partial charge < -0.3 is 9.32 Å². The second-order valence-electron chi connectivity index (χ2n) is 14.9. The van der Waals surface area contributed by atoms with Crippen molar-refractivity contribution in [3.05, 3.63) is 175 Å². The van der Waals surface area contributed by atoms with Gasteiger partial charge in [0.1, 0.15) is 11.2 Å². The molecule has 2 nitrogen and oxygen atoms in total.